The molecule has 0 heterocycles. The third kappa shape index (κ3) is 3.56. The molecule has 0 spiro atoms. The number of rotatable bonds is 2. The lowest BCUT2D eigenvalue weighted by Gasteiger charge is -2.17. The predicted molar refractivity (Wildman–Crippen MR) is 277 cm³/mol. The first-order valence-electron chi connectivity index (χ1n) is 22.6. The highest BCUT2D eigenvalue weighted by Gasteiger charge is 2.31. The molecular weight excluding hydrogens is 769 g/mol. The lowest BCUT2D eigenvalue weighted by molar-refractivity contribution is 1.61. The van der Waals surface area contributed by atoms with E-state index in [0.29, 0.717) is 0 Å². The second-order valence-electron chi connectivity index (χ2n) is 18.5. The van der Waals surface area contributed by atoms with E-state index in [4.69, 9.17) is 0 Å². The molecule has 0 fully saturated rings. The average molecular weight is 801 g/mol. The zero-order valence-corrected chi connectivity index (χ0v) is 34.5. The Balaban J connectivity index is 1.15. The number of hydrogen-bond donors (Lipinski definition) is 0. The van der Waals surface area contributed by atoms with Gasteiger partial charge in [-0.15, -0.1) is 0 Å². The van der Waals surface area contributed by atoms with Crippen LogP contribution < -0.4 is 0 Å². The van der Waals surface area contributed by atoms with Crippen LogP contribution in [0.5, 0.6) is 0 Å². The maximum atomic E-state index is 2.59. The SMILES string of the molecule is c1ccc(-c2ccccc2-c2c3cc4c5cccc6cccc(c65)c4c4c5ccccc5c(c5c6ccc7c8ccc9c%10c(ccc(c%11ccc(c25)c6c%117)c%108)-c2ccccc2-9)c34)cc1. The molecule has 0 aromatic heterocycles. The molecule has 0 saturated carbocycles. The van der Waals surface area contributed by atoms with E-state index in [-0.39, 0.29) is 0 Å². The van der Waals surface area contributed by atoms with Crippen LogP contribution in [-0.4, -0.2) is 0 Å². The second-order valence-corrected chi connectivity index (χ2v) is 18.5. The van der Waals surface area contributed by atoms with Gasteiger partial charge in [-0.3, -0.25) is 0 Å². The molecule has 288 valence electrons. The molecule has 1 aliphatic rings. The van der Waals surface area contributed by atoms with E-state index in [1.54, 1.807) is 0 Å². The highest BCUT2D eigenvalue weighted by molar-refractivity contribution is 6.54. The Labute approximate surface area is 366 Å². The van der Waals surface area contributed by atoms with Crippen molar-refractivity contribution >= 4 is 129 Å². The van der Waals surface area contributed by atoms with Crippen molar-refractivity contribution in [3.8, 4) is 44.5 Å². The van der Waals surface area contributed by atoms with Crippen molar-refractivity contribution in [3.63, 3.8) is 0 Å². The van der Waals surface area contributed by atoms with Crippen LogP contribution in [0.25, 0.3) is 174 Å². The fourth-order valence-corrected chi connectivity index (χ4v) is 13.5. The van der Waals surface area contributed by atoms with Crippen molar-refractivity contribution in [1.82, 2.24) is 0 Å². The van der Waals surface area contributed by atoms with Gasteiger partial charge in [-0.2, -0.15) is 0 Å². The van der Waals surface area contributed by atoms with Crippen LogP contribution in [0.4, 0.5) is 0 Å². The molecule has 16 aromatic carbocycles. The third-order valence-electron chi connectivity index (χ3n) is 15.8. The van der Waals surface area contributed by atoms with Crippen LogP contribution in [0.15, 0.2) is 194 Å². The fourth-order valence-electron chi connectivity index (χ4n) is 13.5. The van der Waals surface area contributed by atoms with Gasteiger partial charge in [0.2, 0.25) is 0 Å². The van der Waals surface area contributed by atoms with Crippen LogP contribution >= 0.6 is 0 Å². The van der Waals surface area contributed by atoms with Gasteiger partial charge in [-0.1, -0.05) is 188 Å². The van der Waals surface area contributed by atoms with Crippen LogP contribution in [0.3, 0.4) is 0 Å². The summed E-state index contributed by atoms with van der Waals surface area (Å²) in [5.74, 6) is 0. The molecule has 0 radical (unpaired) electrons. The molecular formula is C64H32. The molecule has 0 saturated heterocycles. The number of fused-ring (bicyclic) bond motifs is 16. The van der Waals surface area contributed by atoms with Gasteiger partial charge < -0.3 is 0 Å². The van der Waals surface area contributed by atoms with E-state index in [1.165, 1.54) is 174 Å². The zero-order chi connectivity index (χ0) is 41.1. The minimum atomic E-state index is 1.23. The Kier molecular flexibility index (Phi) is 5.57. The van der Waals surface area contributed by atoms with Crippen LogP contribution in [0.2, 0.25) is 0 Å². The van der Waals surface area contributed by atoms with Gasteiger partial charge >= 0.3 is 0 Å². The molecule has 16 aromatic rings. The molecule has 17 rings (SSSR count). The van der Waals surface area contributed by atoms with E-state index < -0.39 is 0 Å². The van der Waals surface area contributed by atoms with Gasteiger partial charge in [0.25, 0.3) is 0 Å². The zero-order valence-electron chi connectivity index (χ0n) is 34.5. The lowest BCUT2D eigenvalue weighted by Crippen LogP contribution is -1.89. The van der Waals surface area contributed by atoms with Crippen molar-refractivity contribution < 1.29 is 0 Å². The van der Waals surface area contributed by atoms with E-state index in [2.05, 4.69) is 194 Å². The Morgan fingerprint density at radius 2 is 0.578 bits per heavy atom. The smallest absolute Gasteiger partial charge is 0.000674 e. The standard InChI is InChI=1S/C64H32/c1-2-12-33(13-3-1)35-16-4-7-19-38(35)57-52-32-51-41-22-10-14-34-15-11-23-48(53(34)41)59(51)60-39-20-8-9-21-40(39)61(64(52)60)63-50-31-29-47-45-27-25-43-37-18-6-5-17-36(37)42-24-26-44(55(45)54(42)43)46-28-30-49(62(57)63)58(50)56(46)47/h1-32H. The topological polar surface area (TPSA) is 0 Å². The minimum absolute atomic E-state index is 1.23. The van der Waals surface area contributed by atoms with Gasteiger partial charge in [0, 0.05) is 0 Å². The second kappa shape index (κ2) is 11.0. The van der Waals surface area contributed by atoms with Crippen molar-refractivity contribution in [2.24, 2.45) is 0 Å². The molecule has 0 amide bonds. The molecule has 0 atom stereocenters. The molecule has 1 aliphatic carbocycles. The Morgan fingerprint density at radius 3 is 1.27 bits per heavy atom. The van der Waals surface area contributed by atoms with Crippen molar-refractivity contribution in [1.29, 1.82) is 0 Å². The monoisotopic (exact) mass is 800 g/mol. The first-order valence-corrected chi connectivity index (χ1v) is 22.6. The number of hydrogen-bond acceptors (Lipinski definition) is 0. The average Bonchev–Trinajstić information content (AvgIpc) is 4.08. The highest BCUT2D eigenvalue weighted by Crippen LogP contribution is 2.59. The molecule has 0 N–H and O–H groups in total. The van der Waals surface area contributed by atoms with Crippen LogP contribution in [-0.2, 0) is 0 Å². The summed E-state index contributed by atoms with van der Waals surface area (Å²) in [4.78, 5) is 0. The molecule has 0 nitrogen and oxygen atoms in total. The van der Waals surface area contributed by atoms with Crippen LogP contribution in [0, 0.1) is 0 Å². The van der Waals surface area contributed by atoms with Crippen LogP contribution in [0.1, 0.15) is 0 Å². The Hall–Kier alpha value is -8.32. The summed E-state index contributed by atoms with van der Waals surface area (Å²) < 4.78 is 0. The van der Waals surface area contributed by atoms with E-state index in [0.717, 1.165) is 0 Å². The summed E-state index contributed by atoms with van der Waals surface area (Å²) in [7, 11) is 0. The van der Waals surface area contributed by atoms with E-state index in [1.807, 2.05) is 0 Å². The summed E-state index contributed by atoms with van der Waals surface area (Å²) >= 11 is 0. The molecule has 64 heavy (non-hydrogen) atoms. The lowest BCUT2D eigenvalue weighted by atomic mass is 9.85. The van der Waals surface area contributed by atoms with Gasteiger partial charge in [0.15, 0.2) is 0 Å². The van der Waals surface area contributed by atoms with Gasteiger partial charge in [0.1, 0.15) is 0 Å². The largest absolute Gasteiger partial charge is 0.0622 e. The maximum absolute atomic E-state index is 2.59. The fraction of sp³-hybridized carbons (Fsp3) is 0. The first kappa shape index (κ1) is 32.4. The summed E-state index contributed by atoms with van der Waals surface area (Å²) in [5, 5.41) is 32.6. The summed E-state index contributed by atoms with van der Waals surface area (Å²) in [6, 6.07) is 74.3. The molecule has 0 unspecified atom stereocenters. The van der Waals surface area contributed by atoms with E-state index in [9.17, 15) is 0 Å². The maximum Gasteiger partial charge on any atom is -0.000674 e. The first-order chi connectivity index (χ1) is 31.8. The summed E-state index contributed by atoms with van der Waals surface area (Å²) in [5.41, 5.74) is 10.5. The quantitative estimate of drug-likeness (QED) is 0.121. The van der Waals surface area contributed by atoms with Crippen molar-refractivity contribution in [2.45, 2.75) is 0 Å². The molecule has 0 aliphatic heterocycles. The molecule has 0 bridgehead atoms. The number of benzene rings is 13. The molecule has 0 heteroatoms. The van der Waals surface area contributed by atoms with E-state index >= 15 is 0 Å². The highest BCUT2D eigenvalue weighted by atomic mass is 14.3. The summed E-state index contributed by atoms with van der Waals surface area (Å²) in [6.07, 6.45) is 0. The third-order valence-corrected chi connectivity index (χ3v) is 15.8. The summed E-state index contributed by atoms with van der Waals surface area (Å²) in [6.45, 7) is 0. The predicted octanol–water partition coefficient (Wildman–Crippen LogP) is 18.3. The van der Waals surface area contributed by atoms with Gasteiger partial charge in [-0.25, -0.2) is 0 Å². The normalized spacial score (nSPS) is 13.0. The van der Waals surface area contributed by atoms with Crippen molar-refractivity contribution in [2.75, 3.05) is 0 Å². The van der Waals surface area contributed by atoms with Gasteiger partial charge in [0.05, 0.1) is 0 Å². The Bertz CT molecular complexity index is 4660. The van der Waals surface area contributed by atoms with Gasteiger partial charge in [-0.05, 0) is 180 Å². The van der Waals surface area contributed by atoms with Crippen molar-refractivity contribution in [3.05, 3.63) is 194 Å². The Morgan fingerprint density at radius 1 is 0.172 bits per heavy atom. The minimum Gasteiger partial charge on any atom is -0.0622 e.